The maximum Gasteiger partial charge on any atom is 0.326 e. The first-order chi connectivity index (χ1) is 8.93. The molecule has 1 aliphatic carbocycles. The number of hydrogen-bond donors (Lipinski definition) is 1. The molecule has 0 radical (unpaired) electrons. The van der Waals surface area contributed by atoms with Gasteiger partial charge in [-0.25, -0.2) is 0 Å². The number of carbonyl (C=O) groups is 1. The van der Waals surface area contributed by atoms with E-state index in [2.05, 4.69) is 5.32 Å². The summed E-state index contributed by atoms with van der Waals surface area (Å²) < 4.78 is 15.9. The minimum atomic E-state index is -0.597. The van der Waals surface area contributed by atoms with Crippen molar-refractivity contribution in [3.8, 4) is 0 Å². The molecule has 0 spiro atoms. The fraction of sp³-hybridized carbons (Fsp3) is 0.929. The monoisotopic (exact) mass is 273 g/mol. The number of rotatable bonds is 7. The summed E-state index contributed by atoms with van der Waals surface area (Å²) in [5.41, 5.74) is -0.597. The lowest BCUT2D eigenvalue weighted by Crippen LogP contribution is -2.53. The minimum absolute atomic E-state index is 0.0440. The molecule has 0 aromatic heterocycles. The molecule has 5 heteroatoms. The Morgan fingerprint density at radius 1 is 1.37 bits per heavy atom. The summed E-state index contributed by atoms with van der Waals surface area (Å²) in [6.45, 7) is 6.62. The summed E-state index contributed by atoms with van der Waals surface area (Å²) in [4.78, 5) is 12.1. The van der Waals surface area contributed by atoms with Crippen molar-refractivity contribution >= 4 is 5.97 Å². The fourth-order valence-corrected chi connectivity index (χ4v) is 2.84. The van der Waals surface area contributed by atoms with Gasteiger partial charge in [-0.2, -0.15) is 0 Å². The average Bonchev–Trinajstić information content (AvgIpc) is 2.71. The normalized spacial score (nSPS) is 28.6. The van der Waals surface area contributed by atoms with Crippen molar-refractivity contribution in [2.24, 2.45) is 0 Å². The molecule has 1 fully saturated rings. The zero-order valence-corrected chi connectivity index (χ0v) is 12.7. The molecule has 0 aliphatic heterocycles. The van der Waals surface area contributed by atoms with Gasteiger partial charge in [0.15, 0.2) is 0 Å². The molecule has 0 amide bonds. The van der Waals surface area contributed by atoms with Gasteiger partial charge >= 0.3 is 5.97 Å². The predicted molar refractivity (Wildman–Crippen MR) is 73.1 cm³/mol. The summed E-state index contributed by atoms with van der Waals surface area (Å²) in [5, 5.41) is 3.36. The number of nitrogens with one attached hydrogen (secondary N) is 1. The molecule has 19 heavy (non-hydrogen) atoms. The molecule has 5 nitrogen and oxygen atoms in total. The molecule has 0 heterocycles. The zero-order valence-electron chi connectivity index (χ0n) is 12.7. The first-order valence-electron chi connectivity index (χ1n) is 6.94. The lowest BCUT2D eigenvalue weighted by molar-refractivity contribution is -0.149. The van der Waals surface area contributed by atoms with Crippen LogP contribution in [-0.2, 0) is 19.0 Å². The van der Waals surface area contributed by atoms with Gasteiger partial charge in [0, 0.05) is 19.6 Å². The Labute approximate surface area is 116 Å². The predicted octanol–water partition coefficient (Wildman–Crippen LogP) is 1.50. The van der Waals surface area contributed by atoms with E-state index < -0.39 is 5.54 Å². The quantitative estimate of drug-likeness (QED) is 0.712. The SMILES string of the molecule is COCC(C)OC1CCC(NC(C)C)(C(=O)OC)C1. The molecule has 0 saturated heterocycles. The van der Waals surface area contributed by atoms with Crippen LogP contribution in [0.3, 0.4) is 0 Å². The summed E-state index contributed by atoms with van der Waals surface area (Å²) in [6, 6.07) is 0.231. The summed E-state index contributed by atoms with van der Waals surface area (Å²) in [6.07, 6.45) is 2.40. The van der Waals surface area contributed by atoms with Crippen LogP contribution >= 0.6 is 0 Å². The van der Waals surface area contributed by atoms with Crippen molar-refractivity contribution in [2.75, 3.05) is 20.8 Å². The Bertz CT molecular complexity index is 295. The van der Waals surface area contributed by atoms with Crippen LogP contribution < -0.4 is 5.32 Å². The van der Waals surface area contributed by atoms with Crippen molar-refractivity contribution in [3.63, 3.8) is 0 Å². The van der Waals surface area contributed by atoms with Gasteiger partial charge in [-0.3, -0.25) is 10.1 Å². The van der Waals surface area contributed by atoms with Crippen LogP contribution in [0.2, 0.25) is 0 Å². The van der Waals surface area contributed by atoms with Crippen LogP contribution in [0, 0.1) is 0 Å². The van der Waals surface area contributed by atoms with Crippen LogP contribution in [0.1, 0.15) is 40.0 Å². The molecule has 1 aliphatic rings. The number of methoxy groups -OCH3 is 2. The lowest BCUT2D eigenvalue weighted by Gasteiger charge is -2.30. The van der Waals surface area contributed by atoms with Crippen molar-refractivity contribution in [1.29, 1.82) is 0 Å². The van der Waals surface area contributed by atoms with E-state index in [9.17, 15) is 4.79 Å². The van der Waals surface area contributed by atoms with Crippen LogP contribution in [0.5, 0.6) is 0 Å². The van der Waals surface area contributed by atoms with E-state index in [1.807, 2.05) is 20.8 Å². The standard InChI is InChI=1S/C14H27NO4/c1-10(2)15-14(13(16)18-5)7-6-12(8-14)19-11(3)9-17-4/h10-12,15H,6-9H2,1-5H3. The van der Waals surface area contributed by atoms with Gasteiger partial charge in [0.2, 0.25) is 0 Å². The highest BCUT2D eigenvalue weighted by atomic mass is 16.5. The Morgan fingerprint density at radius 3 is 2.58 bits per heavy atom. The number of hydrogen-bond acceptors (Lipinski definition) is 5. The lowest BCUT2D eigenvalue weighted by atomic mass is 9.96. The van der Waals surface area contributed by atoms with Gasteiger partial charge in [0.05, 0.1) is 25.9 Å². The second-order valence-corrected chi connectivity index (χ2v) is 5.64. The molecule has 3 atom stereocenters. The first kappa shape index (κ1) is 16.4. The highest BCUT2D eigenvalue weighted by Gasteiger charge is 2.47. The van der Waals surface area contributed by atoms with E-state index in [1.54, 1.807) is 7.11 Å². The Kier molecular flexibility index (Phi) is 6.23. The van der Waals surface area contributed by atoms with Gasteiger partial charge in [-0.1, -0.05) is 0 Å². The van der Waals surface area contributed by atoms with Gasteiger partial charge in [0.1, 0.15) is 5.54 Å². The smallest absolute Gasteiger partial charge is 0.326 e. The topological polar surface area (TPSA) is 56.8 Å². The van der Waals surface area contributed by atoms with E-state index >= 15 is 0 Å². The van der Waals surface area contributed by atoms with E-state index in [0.29, 0.717) is 13.0 Å². The van der Waals surface area contributed by atoms with Crippen LogP contribution in [0.4, 0.5) is 0 Å². The van der Waals surface area contributed by atoms with E-state index in [4.69, 9.17) is 14.2 Å². The summed E-state index contributed by atoms with van der Waals surface area (Å²) >= 11 is 0. The molecule has 0 aromatic carbocycles. The molecular weight excluding hydrogens is 246 g/mol. The third-order valence-electron chi connectivity index (χ3n) is 3.44. The fourth-order valence-electron chi connectivity index (χ4n) is 2.84. The Morgan fingerprint density at radius 2 is 2.05 bits per heavy atom. The maximum atomic E-state index is 12.1. The van der Waals surface area contributed by atoms with Crippen molar-refractivity contribution < 1.29 is 19.0 Å². The Balaban J connectivity index is 2.63. The third kappa shape index (κ3) is 4.44. The first-order valence-corrected chi connectivity index (χ1v) is 6.94. The average molecular weight is 273 g/mol. The number of carbonyl (C=O) groups excluding carboxylic acids is 1. The highest BCUT2D eigenvalue weighted by molar-refractivity contribution is 5.81. The largest absolute Gasteiger partial charge is 0.468 e. The second kappa shape index (κ2) is 7.22. The molecule has 0 bridgehead atoms. The summed E-state index contributed by atoms with van der Waals surface area (Å²) in [7, 11) is 3.10. The molecular formula is C14H27NO4. The van der Waals surface area contributed by atoms with Crippen LogP contribution in [0.25, 0.3) is 0 Å². The molecule has 1 saturated carbocycles. The zero-order chi connectivity index (χ0) is 14.5. The van der Waals surface area contributed by atoms with E-state index in [1.165, 1.54) is 7.11 Å². The molecule has 0 aromatic rings. The maximum absolute atomic E-state index is 12.1. The highest BCUT2D eigenvalue weighted by Crippen LogP contribution is 2.34. The number of esters is 1. The molecule has 1 N–H and O–H groups in total. The Hall–Kier alpha value is -0.650. The minimum Gasteiger partial charge on any atom is -0.468 e. The summed E-state index contributed by atoms with van der Waals surface area (Å²) in [5.74, 6) is -0.188. The molecule has 1 rings (SSSR count). The van der Waals surface area contributed by atoms with Crippen LogP contribution in [-0.4, -0.2) is 50.6 Å². The number of ether oxygens (including phenoxy) is 3. The molecule has 112 valence electrons. The van der Waals surface area contributed by atoms with E-state index in [-0.39, 0.29) is 24.2 Å². The van der Waals surface area contributed by atoms with Gasteiger partial charge in [-0.15, -0.1) is 0 Å². The van der Waals surface area contributed by atoms with Crippen molar-refractivity contribution in [3.05, 3.63) is 0 Å². The molecule has 3 unspecified atom stereocenters. The van der Waals surface area contributed by atoms with Gasteiger partial charge < -0.3 is 14.2 Å². The van der Waals surface area contributed by atoms with E-state index in [0.717, 1.165) is 12.8 Å². The van der Waals surface area contributed by atoms with Gasteiger partial charge in [-0.05, 0) is 33.6 Å². The van der Waals surface area contributed by atoms with Gasteiger partial charge in [0.25, 0.3) is 0 Å². The van der Waals surface area contributed by atoms with Crippen LogP contribution in [0.15, 0.2) is 0 Å². The third-order valence-corrected chi connectivity index (χ3v) is 3.44. The van der Waals surface area contributed by atoms with Crippen molar-refractivity contribution in [1.82, 2.24) is 5.32 Å². The van der Waals surface area contributed by atoms with Crippen molar-refractivity contribution in [2.45, 2.75) is 63.8 Å². The second-order valence-electron chi connectivity index (χ2n) is 5.64.